The maximum absolute atomic E-state index is 12.6. The smallest absolute Gasteiger partial charge is 0.240 e. The van der Waals surface area contributed by atoms with E-state index < -0.39 is 22.2 Å². The minimum atomic E-state index is -3.67. The zero-order valence-corrected chi connectivity index (χ0v) is 16.4. The van der Waals surface area contributed by atoms with Gasteiger partial charge in [-0.05, 0) is 51.2 Å². The van der Waals surface area contributed by atoms with Gasteiger partial charge in [0.1, 0.15) is 0 Å². The summed E-state index contributed by atoms with van der Waals surface area (Å²) in [6.45, 7) is 2.18. The van der Waals surface area contributed by atoms with Gasteiger partial charge in [0.05, 0.1) is 29.8 Å². The number of aliphatic hydroxyl groups is 1. The van der Waals surface area contributed by atoms with Crippen LogP contribution >= 0.6 is 0 Å². The lowest BCUT2D eigenvalue weighted by Crippen LogP contribution is -2.51. The third-order valence-corrected chi connectivity index (χ3v) is 6.65. The molecule has 1 aliphatic heterocycles. The number of nitrogens with one attached hydrogen (secondary N) is 2. The van der Waals surface area contributed by atoms with Gasteiger partial charge in [0.15, 0.2) is 0 Å². The molecule has 2 fully saturated rings. The van der Waals surface area contributed by atoms with Crippen LogP contribution in [0.15, 0.2) is 29.2 Å². The molecule has 1 aromatic carbocycles. The van der Waals surface area contributed by atoms with Gasteiger partial charge in [-0.3, -0.25) is 4.79 Å². The zero-order chi connectivity index (χ0) is 19.4. The van der Waals surface area contributed by atoms with Gasteiger partial charge in [-0.1, -0.05) is 17.7 Å². The Balaban J connectivity index is 1.51. The van der Waals surface area contributed by atoms with E-state index in [4.69, 9.17) is 4.74 Å². The van der Waals surface area contributed by atoms with Gasteiger partial charge in [-0.2, -0.15) is 0 Å². The van der Waals surface area contributed by atoms with Crippen LogP contribution < -0.4 is 10.0 Å². The van der Waals surface area contributed by atoms with Crippen molar-refractivity contribution in [3.05, 3.63) is 29.8 Å². The molecule has 2 aliphatic rings. The molecular weight excluding hydrogens is 368 g/mol. The number of aliphatic hydroxyl groups excluding tert-OH is 1. The first-order valence-corrected chi connectivity index (χ1v) is 11.0. The molecule has 0 aromatic heterocycles. The first-order chi connectivity index (χ1) is 12.9. The first kappa shape index (κ1) is 20.3. The zero-order valence-electron chi connectivity index (χ0n) is 15.6. The van der Waals surface area contributed by atoms with Gasteiger partial charge in [-0.15, -0.1) is 0 Å². The van der Waals surface area contributed by atoms with E-state index in [1.807, 2.05) is 6.92 Å². The number of rotatable bonds is 8. The monoisotopic (exact) mass is 396 g/mol. The quantitative estimate of drug-likeness (QED) is 0.610. The number of ether oxygens (including phenoxy) is 1. The highest BCUT2D eigenvalue weighted by atomic mass is 32.2. The summed E-state index contributed by atoms with van der Waals surface area (Å²) in [5, 5.41) is 12.6. The van der Waals surface area contributed by atoms with Gasteiger partial charge >= 0.3 is 0 Å². The Bertz CT molecular complexity index is 746. The highest BCUT2D eigenvalue weighted by Gasteiger charge is 2.34. The van der Waals surface area contributed by atoms with Crippen molar-refractivity contribution < 1.29 is 23.1 Å². The second kappa shape index (κ2) is 8.68. The van der Waals surface area contributed by atoms with Crippen molar-refractivity contribution in [1.82, 2.24) is 10.0 Å². The van der Waals surface area contributed by atoms with E-state index in [1.165, 1.54) is 0 Å². The molecule has 1 aromatic rings. The Labute approximate surface area is 160 Å². The molecule has 1 amide bonds. The lowest BCUT2D eigenvalue weighted by atomic mass is 9.98. The summed E-state index contributed by atoms with van der Waals surface area (Å²) in [5.41, 5.74) is 0.986. The number of amides is 1. The molecule has 1 aliphatic carbocycles. The molecule has 0 spiro atoms. The third-order valence-electron chi connectivity index (χ3n) is 5.15. The van der Waals surface area contributed by atoms with Gasteiger partial charge in [0, 0.05) is 12.5 Å². The molecule has 3 atom stereocenters. The van der Waals surface area contributed by atoms with Gasteiger partial charge in [0.2, 0.25) is 15.9 Å². The number of aryl methyl sites for hydroxylation is 1. The van der Waals surface area contributed by atoms with Crippen LogP contribution in [0.1, 0.15) is 37.7 Å². The van der Waals surface area contributed by atoms with Crippen molar-refractivity contribution in [2.24, 2.45) is 5.92 Å². The average molecular weight is 397 g/mol. The van der Waals surface area contributed by atoms with E-state index in [0.717, 1.165) is 18.4 Å². The summed E-state index contributed by atoms with van der Waals surface area (Å²) in [6, 6.07) is 6.17. The van der Waals surface area contributed by atoms with Gasteiger partial charge in [0.25, 0.3) is 0 Å². The Morgan fingerprint density at radius 3 is 2.52 bits per heavy atom. The van der Waals surface area contributed by atoms with E-state index in [1.54, 1.807) is 24.3 Å². The number of hydrogen-bond donors (Lipinski definition) is 3. The summed E-state index contributed by atoms with van der Waals surface area (Å²) in [6.07, 6.45) is 3.17. The van der Waals surface area contributed by atoms with E-state index in [9.17, 15) is 18.3 Å². The number of carbonyl (C=O) groups is 1. The molecule has 150 valence electrons. The molecule has 27 heavy (non-hydrogen) atoms. The number of carbonyl (C=O) groups excluding carboxylic acids is 1. The molecule has 3 rings (SSSR count). The molecule has 8 heteroatoms. The van der Waals surface area contributed by atoms with Crippen molar-refractivity contribution in [3.63, 3.8) is 0 Å². The van der Waals surface area contributed by atoms with E-state index in [2.05, 4.69) is 10.0 Å². The maximum Gasteiger partial charge on any atom is 0.240 e. The van der Waals surface area contributed by atoms with E-state index in [0.29, 0.717) is 25.8 Å². The minimum Gasteiger partial charge on any atom is -0.394 e. The van der Waals surface area contributed by atoms with Crippen LogP contribution in [0.25, 0.3) is 0 Å². The van der Waals surface area contributed by atoms with Gasteiger partial charge < -0.3 is 15.2 Å². The molecule has 1 saturated carbocycles. The molecule has 3 N–H and O–H groups in total. The molecule has 7 nitrogen and oxygen atoms in total. The van der Waals surface area contributed by atoms with Crippen LogP contribution in [0, 0.1) is 12.8 Å². The van der Waals surface area contributed by atoms with Gasteiger partial charge in [-0.25, -0.2) is 13.1 Å². The predicted molar refractivity (Wildman–Crippen MR) is 101 cm³/mol. The average Bonchev–Trinajstić information content (AvgIpc) is 3.48. The van der Waals surface area contributed by atoms with Crippen LogP contribution in [0.2, 0.25) is 0 Å². The second-order valence-corrected chi connectivity index (χ2v) is 9.17. The Morgan fingerprint density at radius 1 is 1.19 bits per heavy atom. The van der Waals surface area contributed by atoms with E-state index >= 15 is 0 Å². The largest absolute Gasteiger partial charge is 0.394 e. The fourth-order valence-electron chi connectivity index (χ4n) is 3.31. The van der Waals surface area contributed by atoms with Crippen LogP contribution in [0.5, 0.6) is 0 Å². The molecule has 1 saturated heterocycles. The Hall–Kier alpha value is -1.48. The maximum atomic E-state index is 12.6. The van der Waals surface area contributed by atoms with E-state index in [-0.39, 0.29) is 29.4 Å². The predicted octanol–water partition coefficient (Wildman–Crippen LogP) is 1.10. The summed E-state index contributed by atoms with van der Waals surface area (Å²) >= 11 is 0. The summed E-state index contributed by atoms with van der Waals surface area (Å²) in [5.74, 6) is 0.288. The topological polar surface area (TPSA) is 105 Å². The summed E-state index contributed by atoms with van der Waals surface area (Å²) in [7, 11) is -3.67. The summed E-state index contributed by atoms with van der Waals surface area (Å²) in [4.78, 5) is 11.9. The van der Waals surface area contributed by atoms with Crippen LogP contribution in [-0.2, 0) is 19.6 Å². The fourth-order valence-corrected chi connectivity index (χ4v) is 4.61. The van der Waals surface area contributed by atoms with Crippen molar-refractivity contribution in [2.75, 3.05) is 13.2 Å². The highest BCUT2D eigenvalue weighted by molar-refractivity contribution is 7.89. The molecule has 1 heterocycles. The number of sulfonamides is 1. The molecule has 0 bridgehead atoms. The van der Waals surface area contributed by atoms with Crippen molar-refractivity contribution in [2.45, 2.75) is 62.2 Å². The molecule has 0 unspecified atom stereocenters. The first-order valence-electron chi connectivity index (χ1n) is 9.52. The minimum absolute atomic E-state index is 0.0956. The molecular formula is C19H28N2O5S. The Morgan fingerprint density at radius 2 is 1.89 bits per heavy atom. The SMILES string of the molecule is Cc1ccc(S(=O)(=O)N[C@H]2CC[C@@H](CCNC(=O)C3CC3)O[C@@H]2CO)cc1. The fraction of sp³-hybridized carbons (Fsp3) is 0.632. The molecule has 0 radical (unpaired) electrons. The number of benzene rings is 1. The van der Waals surface area contributed by atoms with Crippen molar-refractivity contribution >= 4 is 15.9 Å². The van der Waals surface area contributed by atoms with Crippen molar-refractivity contribution in [3.8, 4) is 0 Å². The second-order valence-electron chi connectivity index (χ2n) is 7.45. The normalized spacial score (nSPS) is 25.9. The number of hydrogen-bond acceptors (Lipinski definition) is 5. The van der Waals surface area contributed by atoms with Crippen LogP contribution in [0.3, 0.4) is 0 Å². The lowest BCUT2D eigenvalue weighted by Gasteiger charge is -2.36. The third kappa shape index (κ3) is 5.51. The highest BCUT2D eigenvalue weighted by Crippen LogP contribution is 2.29. The lowest BCUT2D eigenvalue weighted by molar-refractivity contribution is -0.122. The Kier molecular flexibility index (Phi) is 6.52. The van der Waals surface area contributed by atoms with Crippen LogP contribution in [0.4, 0.5) is 0 Å². The standard InChI is InChI=1S/C19H28N2O5S/c1-13-2-7-16(8-3-13)27(24,25)21-17-9-6-15(26-18(17)12-22)10-11-20-19(23)14-4-5-14/h2-3,7-8,14-15,17-18,21-22H,4-6,9-12H2,1H3,(H,20,23)/t15-,17-,18+/m0/s1. The van der Waals surface area contributed by atoms with Crippen LogP contribution in [-0.4, -0.2) is 50.8 Å². The van der Waals surface area contributed by atoms with Crippen molar-refractivity contribution in [1.29, 1.82) is 0 Å². The summed E-state index contributed by atoms with van der Waals surface area (Å²) < 4.78 is 33.7.